The van der Waals surface area contributed by atoms with Gasteiger partial charge >= 0.3 is 5.97 Å². The molecule has 0 aliphatic carbocycles. The van der Waals surface area contributed by atoms with Gasteiger partial charge < -0.3 is 14.7 Å². The number of ether oxygens (including phenoxy) is 1. The fourth-order valence-electron chi connectivity index (χ4n) is 2.12. The molecule has 2 rings (SSSR count). The maximum Gasteiger partial charge on any atom is 0.327 e. The molecule has 2 atom stereocenters. The Morgan fingerprint density at radius 2 is 2.20 bits per heavy atom. The minimum Gasteiger partial charge on any atom is -0.496 e. The van der Waals surface area contributed by atoms with Gasteiger partial charge in [0.25, 0.3) is 5.91 Å². The first kappa shape index (κ1) is 15.0. The molecule has 0 radical (unpaired) electrons. The first-order valence-electron chi connectivity index (χ1n) is 5.96. The highest BCUT2D eigenvalue weighted by atomic mass is 35.5. The molecule has 1 N–H and O–H groups in total. The number of aliphatic carboxylic acids is 1. The molecule has 1 aromatic rings. The smallest absolute Gasteiger partial charge is 0.327 e. The van der Waals surface area contributed by atoms with Crippen molar-refractivity contribution in [1.82, 2.24) is 4.90 Å². The van der Waals surface area contributed by atoms with E-state index < -0.39 is 12.0 Å². The Balaban J connectivity index is 2.37. The van der Waals surface area contributed by atoms with Crippen LogP contribution in [-0.2, 0) is 4.79 Å². The van der Waals surface area contributed by atoms with Gasteiger partial charge in [0.05, 0.1) is 18.0 Å². The molecule has 1 saturated heterocycles. The number of nitrogens with zero attached hydrogens (tertiary/aromatic N) is 1. The molecule has 1 aliphatic rings. The number of benzene rings is 1. The molecule has 108 valence electrons. The second-order valence-corrected chi connectivity index (χ2v) is 6.13. The number of halogens is 1. The quantitative estimate of drug-likeness (QED) is 0.927. The Bertz CT molecular complexity index is 551. The van der Waals surface area contributed by atoms with Gasteiger partial charge in [-0.1, -0.05) is 11.6 Å². The molecule has 0 bridgehead atoms. The van der Waals surface area contributed by atoms with E-state index in [1.54, 1.807) is 18.2 Å². The lowest BCUT2D eigenvalue weighted by Gasteiger charge is -2.25. The SMILES string of the molecule is COc1cc(Cl)ccc1C(=O)N1C(C)SCC1C(=O)O. The normalized spacial score (nSPS) is 21.9. The van der Waals surface area contributed by atoms with E-state index in [1.165, 1.54) is 23.8 Å². The fraction of sp³-hybridized carbons (Fsp3) is 0.385. The average molecular weight is 316 g/mol. The Morgan fingerprint density at radius 1 is 1.50 bits per heavy atom. The van der Waals surface area contributed by atoms with Gasteiger partial charge in [-0.2, -0.15) is 0 Å². The molecule has 0 spiro atoms. The Morgan fingerprint density at radius 3 is 2.80 bits per heavy atom. The van der Waals surface area contributed by atoms with Gasteiger partial charge in [0.15, 0.2) is 0 Å². The Kier molecular flexibility index (Phi) is 4.45. The highest BCUT2D eigenvalue weighted by Crippen LogP contribution is 2.33. The molecule has 1 fully saturated rings. The molecule has 2 unspecified atom stereocenters. The first-order valence-corrected chi connectivity index (χ1v) is 7.39. The third-order valence-corrected chi connectivity index (χ3v) is 4.59. The highest BCUT2D eigenvalue weighted by molar-refractivity contribution is 8.00. The Labute approximate surface area is 125 Å². The van der Waals surface area contributed by atoms with Gasteiger partial charge in [0, 0.05) is 10.8 Å². The maximum absolute atomic E-state index is 12.6. The molecule has 0 aromatic heterocycles. The van der Waals surface area contributed by atoms with E-state index in [0.717, 1.165) is 0 Å². The lowest BCUT2D eigenvalue weighted by molar-refractivity contribution is -0.141. The molecule has 5 nitrogen and oxygen atoms in total. The summed E-state index contributed by atoms with van der Waals surface area (Å²) >= 11 is 7.30. The van der Waals surface area contributed by atoms with E-state index in [9.17, 15) is 14.7 Å². The van der Waals surface area contributed by atoms with Gasteiger partial charge in [-0.25, -0.2) is 4.79 Å². The average Bonchev–Trinajstić information content (AvgIpc) is 2.79. The summed E-state index contributed by atoms with van der Waals surface area (Å²) in [5.41, 5.74) is 0.317. The predicted molar refractivity (Wildman–Crippen MR) is 77.5 cm³/mol. The number of thioether (sulfide) groups is 1. The van der Waals surface area contributed by atoms with Crippen molar-refractivity contribution in [1.29, 1.82) is 0 Å². The number of hydrogen-bond donors (Lipinski definition) is 1. The highest BCUT2D eigenvalue weighted by Gasteiger charge is 2.40. The maximum atomic E-state index is 12.6. The summed E-state index contributed by atoms with van der Waals surface area (Å²) in [4.78, 5) is 25.2. The van der Waals surface area contributed by atoms with E-state index in [1.807, 2.05) is 6.92 Å². The summed E-state index contributed by atoms with van der Waals surface area (Å²) in [6.45, 7) is 1.81. The predicted octanol–water partition coefficient (Wildman–Crippen LogP) is 2.34. The van der Waals surface area contributed by atoms with Crippen molar-refractivity contribution >= 4 is 35.2 Å². The summed E-state index contributed by atoms with van der Waals surface area (Å²) in [7, 11) is 1.44. The molecular formula is C13H14ClNO4S. The van der Waals surface area contributed by atoms with Crippen LogP contribution in [0, 0.1) is 0 Å². The van der Waals surface area contributed by atoms with Crippen LogP contribution in [0.15, 0.2) is 18.2 Å². The summed E-state index contributed by atoms with van der Waals surface area (Å²) < 4.78 is 5.15. The minimum atomic E-state index is -0.997. The van der Waals surface area contributed by atoms with Gasteiger partial charge in [0.2, 0.25) is 0 Å². The van der Waals surface area contributed by atoms with E-state index in [-0.39, 0.29) is 11.3 Å². The number of carbonyl (C=O) groups is 2. The topological polar surface area (TPSA) is 66.8 Å². The summed E-state index contributed by atoms with van der Waals surface area (Å²) in [5, 5.41) is 9.47. The number of carboxylic acids is 1. The monoisotopic (exact) mass is 315 g/mol. The first-order chi connectivity index (χ1) is 9.45. The van der Waals surface area contributed by atoms with Gasteiger partial charge in [-0.05, 0) is 25.1 Å². The van der Waals surface area contributed by atoms with Crippen LogP contribution in [0.25, 0.3) is 0 Å². The van der Waals surface area contributed by atoms with E-state index in [4.69, 9.17) is 16.3 Å². The largest absolute Gasteiger partial charge is 0.496 e. The molecule has 20 heavy (non-hydrogen) atoms. The molecule has 1 aromatic carbocycles. The van der Waals surface area contributed by atoms with Gasteiger partial charge in [-0.3, -0.25) is 4.79 Å². The summed E-state index contributed by atoms with van der Waals surface area (Å²) in [6, 6.07) is 3.86. The number of hydrogen-bond acceptors (Lipinski definition) is 4. The zero-order valence-corrected chi connectivity index (χ0v) is 12.6. The zero-order valence-electron chi connectivity index (χ0n) is 11.0. The number of amides is 1. The van der Waals surface area contributed by atoms with E-state index in [0.29, 0.717) is 22.1 Å². The second-order valence-electron chi connectivity index (χ2n) is 4.34. The van der Waals surface area contributed by atoms with Crippen molar-refractivity contribution in [2.45, 2.75) is 18.3 Å². The lowest BCUT2D eigenvalue weighted by Crippen LogP contribution is -2.44. The van der Waals surface area contributed by atoms with E-state index in [2.05, 4.69) is 0 Å². The van der Waals surface area contributed by atoms with Crippen molar-refractivity contribution in [3.63, 3.8) is 0 Å². The third-order valence-electron chi connectivity index (χ3n) is 3.14. The number of methoxy groups -OCH3 is 1. The molecule has 1 aliphatic heterocycles. The molecule has 7 heteroatoms. The van der Waals surface area contributed by atoms with Crippen molar-refractivity contribution in [2.24, 2.45) is 0 Å². The zero-order chi connectivity index (χ0) is 14.9. The summed E-state index contributed by atoms with van der Waals surface area (Å²) in [5.74, 6) is -0.625. The second kappa shape index (κ2) is 5.93. The molecular weight excluding hydrogens is 302 g/mol. The molecule has 1 amide bonds. The standard InChI is InChI=1S/C13H14ClNO4S/c1-7-15(10(6-20-7)13(17)18)12(16)9-4-3-8(14)5-11(9)19-2/h3-5,7,10H,6H2,1-2H3,(H,17,18). The summed E-state index contributed by atoms with van der Waals surface area (Å²) in [6.07, 6.45) is 0. The van der Waals surface area contributed by atoms with Crippen LogP contribution in [-0.4, -0.2) is 46.2 Å². The lowest BCUT2D eigenvalue weighted by atomic mass is 10.1. The van der Waals surface area contributed by atoms with Crippen LogP contribution in [0.5, 0.6) is 5.75 Å². The van der Waals surface area contributed by atoms with Crippen molar-refractivity contribution in [3.8, 4) is 5.75 Å². The van der Waals surface area contributed by atoms with Crippen LogP contribution >= 0.6 is 23.4 Å². The van der Waals surface area contributed by atoms with Crippen LogP contribution < -0.4 is 4.74 Å². The van der Waals surface area contributed by atoms with Crippen molar-refractivity contribution in [2.75, 3.05) is 12.9 Å². The number of carbonyl (C=O) groups excluding carboxylic acids is 1. The minimum absolute atomic E-state index is 0.191. The number of carboxylic acid groups (broad SMARTS) is 1. The van der Waals surface area contributed by atoms with Crippen LogP contribution in [0.4, 0.5) is 0 Å². The molecule has 1 heterocycles. The van der Waals surface area contributed by atoms with Gasteiger partial charge in [0.1, 0.15) is 11.8 Å². The molecule has 0 saturated carbocycles. The van der Waals surface area contributed by atoms with Gasteiger partial charge in [-0.15, -0.1) is 11.8 Å². The van der Waals surface area contributed by atoms with E-state index >= 15 is 0 Å². The third kappa shape index (κ3) is 2.71. The van der Waals surface area contributed by atoms with Crippen molar-refractivity contribution in [3.05, 3.63) is 28.8 Å². The van der Waals surface area contributed by atoms with Crippen LogP contribution in [0.1, 0.15) is 17.3 Å². The number of rotatable bonds is 3. The Hall–Kier alpha value is -1.40. The fourth-order valence-corrected chi connectivity index (χ4v) is 3.45. The van der Waals surface area contributed by atoms with Crippen LogP contribution in [0.3, 0.4) is 0 Å². The van der Waals surface area contributed by atoms with Crippen LogP contribution in [0.2, 0.25) is 5.02 Å². The van der Waals surface area contributed by atoms with Crippen molar-refractivity contribution < 1.29 is 19.4 Å².